The van der Waals surface area contributed by atoms with Crippen LogP contribution in [0, 0.1) is 20.8 Å². The predicted molar refractivity (Wildman–Crippen MR) is 63.3 cm³/mol. The van der Waals surface area contributed by atoms with E-state index in [0.29, 0.717) is 0 Å². The Kier molecular flexibility index (Phi) is 3.89. The summed E-state index contributed by atoms with van der Waals surface area (Å²) in [5.74, 6) is 0.0427. The topological polar surface area (TPSA) is 29.1 Å². The summed E-state index contributed by atoms with van der Waals surface area (Å²) in [4.78, 5) is 11.8. The Balaban J connectivity index is 2.98. The van der Waals surface area contributed by atoms with Gasteiger partial charge in [0.1, 0.15) is 0 Å². The van der Waals surface area contributed by atoms with E-state index in [2.05, 4.69) is 18.3 Å². The molecule has 0 aromatic heterocycles. The molecule has 82 valence electrons. The molecule has 2 nitrogen and oxygen atoms in total. The van der Waals surface area contributed by atoms with Gasteiger partial charge in [0.15, 0.2) is 0 Å². The fourth-order valence-electron chi connectivity index (χ4n) is 1.61. The molecule has 0 bridgehead atoms. The second kappa shape index (κ2) is 4.96. The molecule has 0 unspecified atom stereocenters. The number of aryl methyl sites for hydroxylation is 2. The van der Waals surface area contributed by atoms with Crippen LogP contribution in [0.3, 0.4) is 0 Å². The zero-order chi connectivity index (χ0) is 11.4. The predicted octanol–water partition coefficient (Wildman–Crippen LogP) is 2.75. The molecule has 1 aromatic carbocycles. The highest BCUT2D eigenvalue weighted by Crippen LogP contribution is 2.15. The van der Waals surface area contributed by atoms with Gasteiger partial charge in [0, 0.05) is 12.1 Å². The number of amides is 1. The molecule has 0 heterocycles. The highest BCUT2D eigenvalue weighted by Gasteiger charge is 2.10. The van der Waals surface area contributed by atoms with Crippen LogP contribution in [0.25, 0.3) is 0 Å². The van der Waals surface area contributed by atoms with Crippen molar-refractivity contribution in [2.24, 2.45) is 0 Å². The van der Waals surface area contributed by atoms with Crippen molar-refractivity contribution < 1.29 is 4.79 Å². The third-order valence-electron chi connectivity index (χ3n) is 2.59. The van der Waals surface area contributed by atoms with E-state index < -0.39 is 0 Å². The number of rotatable bonds is 3. The fourth-order valence-corrected chi connectivity index (χ4v) is 1.61. The molecule has 1 aromatic rings. The lowest BCUT2D eigenvalue weighted by Gasteiger charge is -2.10. The summed E-state index contributed by atoms with van der Waals surface area (Å²) in [6.07, 6.45) is 0.968. The molecule has 0 aliphatic rings. The van der Waals surface area contributed by atoms with Crippen molar-refractivity contribution >= 4 is 5.91 Å². The lowest BCUT2D eigenvalue weighted by atomic mass is 9.99. The molecule has 0 saturated carbocycles. The van der Waals surface area contributed by atoms with Crippen LogP contribution in [0.5, 0.6) is 0 Å². The largest absolute Gasteiger partial charge is 0.352 e. The van der Waals surface area contributed by atoms with Crippen molar-refractivity contribution in [1.29, 1.82) is 0 Å². The maximum Gasteiger partial charge on any atom is 0.251 e. The van der Waals surface area contributed by atoms with Gasteiger partial charge in [0.25, 0.3) is 5.91 Å². The normalized spacial score (nSPS) is 10.1. The molecule has 0 saturated heterocycles. The summed E-state index contributed by atoms with van der Waals surface area (Å²) in [6.45, 7) is 8.84. The van der Waals surface area contributed by atoms with Crippen LogP contribution in [0.2, 0.25) is 0 Å². The highest BCUT2D eigenvalue weighted by molar-refractivity contribution is 5.96. The van der Waals surface area contributed by atoms with E-state index in [1.165, 1.54) is 5.56 Å². The van der Waals surface area contributed by atoms with E-state index in [4.69, 9.17) is 0 Å². The Labute approximate surface area is 91.7 Å². The fraction of sp³-hybridized carbons (Fsp3) is 0.462. The van der Waals surface area contributed by atoms with Gasteiger partial charge < -0.3 is 5.32 Å². The Morgan fingerprint density at radius 2 is 1.93 bits per heavy atom. The first-order valence-electron chi connectivity index (χ1n) is 5.42. The molecule has 0 spiro atoms. The third kappa shape index (κ3) is 2.82. The van der Waals surface area contributed by atoms with Crippen LogP contribution in [0.1, 0.15) is 40.4 Å². The maximum atomic E-state index is 11.8. The number of hydrogen-bond donors (Lipinski definition) is 1. The van der Waals surface area contributed by atoms with E-state index in [0.717, 1.165) is 29.7 Å². The minimum absolute atomic E-state index is 0.0427. The molecule has 1 N–H and O–H groups in total. The van der Waals surface area contributed by atoms with Crippen molar-refractivity contribution in [2.45, 2.75) is 34.1 Å². The molecule has 1 amide bonds. The van der Waals surface area contributed by atoms with Crippen molar-refractivity contribution in [1.82, 2.24) is 5.32 Å². The van der Waals surface area contributed by atoms with Crippen LogP contribution in [-0.4, -0.2) is 12.5 Å². The monoisotopic (exact) mass is 205 g/mol. The first-order valence-corrected chi connectivity index (χ1v) is 5.42. The van der Waals surface area contributed by atoms with Gasteiger partial charge in [-0.3, -0.25) is 4.79 Å². The van der Waals surface area contributed by atoms with Crippen LogP contribution in [0.4, 0.5) is 0 Å². The van der Waals surface area contributed by atoms with Gasteiger partial charge in [-0.05, 0) is 44.4 Å². The number of carbonyl (C=O) groups excluding carboxylic acids is 1. The van der Waals surface area contributed by atoms with Crippen LogP contribution in [-0.2, 0) is 0 Å². The van der Waals surface area contributed by atoms with Crippen molar-refractivity contribution in [3.63, 3.8) is 0 Å². The average molecular weight is 205 g/mol. The SMILES string of the molecule is CCCNC(=O)c1cc(C)cc(C)c1C. The lowest BCUT2D eigenvalue weighted by molar-refractivity contribution is 0.0953. The summed E-state index contributed by atoms with van der Waals surface area (Å²) in [5, 5.41) is 2.90. The van der Waals surface area contributed by atoms with Crippen LogP contribution in [0.15, 0.2) is 12.1 Å². The van der Waals surface area contributed by atoms with Gasteiger partial charge in [-0.15, -0.1) is 0 Å². The van der Waals surface area contributed by atoms with Crippen molar-refractivity contribution in [3.05, 3.63) is 34.4 Å². The van der Waals surface area contributed by atoms with Gasteiger partial charge in [0.05, 0.1) is 0 Å². The van der Waals surface area contributed by atoms with Gasteiger partial charge >= 0.3 is 0 Å². The van der Waals surface area contributed by atoms with Crippen LogP contribution < -0.4 is 5.32 Å². The number of hydrogen-bond acceptors (Lipinski definition) is 1. The van der Waals surface area contributed by atoms with Gasteiger partial charge in [-0.1, -0.05) is 18.6 Å². The number of carbonyl (C=O) groups is 1. The Bertz CT molecular complexity index is 369. The zero-order valence-electron chi connectivity index (χ0n) is 9.98. The summed E-state index contributed by atoms with van der Waals surface area (Å²) in [5.41, 5.74) is 4.20. The van der Waals surface area contributed by atoms with Gasteiger partial charge in [-0.25, -0.2) is 0 Å². The summed E-state index contributed by atoms with van der Waals surface area (Å²) >= 11 is 0. The number of nitrogens with one attached hydrogen (secondary N) is 1. The van der Waals surface area contributed by atoms with Crippen molar-refractivity contribution in [2.75, 3.05) is 6.54 Å². The highest BCUT2D eigenvalue weighted by atomic mass is 16.1. The summed E-state index contributed by atoms with van der Waals surface area (Å²) < 4.78 is 0. The first kappa shape index (κ1) is 11.8. The molecule has 0 aliphatic carbocycles. The molecule has 1 rings (SSSR count). The van der Waals surface area contributed by atoms with E-state index in [-0.39, 0.29) is 5.91 Å². The lowest BCUT2D eigenvalue weighted by Crippen LogP contribution is -2.25. The zero-order valence-corrected chi connectivity index (χ0v) is 9.98. The van der Waals surface area contributed by atoms with E-state index >= 15 is 0 Å². The quantitative estimate of drug-likeness (QED) is 0.807. The van der Waals surface area contributed by atoms with Gasteiger partial charge in [-0.2, -0.15) is 0 Å². The van der Waals surface area contributed by atoms with E-state index in [1.54, 1.807) is 0 Å². The molecule has 15 heavy (non-hydrogen) atoms. The molecular formula is C13H19NO. The minimum atomic E-state index is 0.0427. The Morgan fingerprint density at radius 3 is 2.53 bits per heavy atom. The summed E-state index contributed by atoms with van der Waals surface area (Å²) in [6, 6.07) is 4.05. The average Bonchev–Trinajstić information content (AvgIpc) is 2.19. The standard InChI is InChI=1S/C13H19NO/c1-5-6-14-13(15)12-8-9(2)7-10(3)11(12)4/h7-8H,5-6H2,1-4H3,(H,14,15). The smallest absolute Gasteiger partial charge is 0.251 e. The molecular weight excluding hydrogens is 186 g/mol. The second-order valence-electron chi connectivity index (χ2n) is 4.01. The van der Waals surface area contributed by atoms with E-state index in [9.17, 15) is 4.79 Å². The molecule has 0 atom stereocenters. The second-order valence-corrected chi connectivity index (χ2v) is 4.01. The number of benzene rings is 1. The molecule has 0 radical (unpaired) electrons. The Morgan fingerprint density at radius 1 is 1.27 bits per heavy atom. The van der Waals surface area contributed by atoms with E-state index in [1.807, 2.05) is 26.8 Å². The molecule has 0 fully saturated rings. The minimum Gasteiger partial charge on any atom is -0.352 e. The van der Waals surface area contributed by atoms with Crippen molar-refractivity contribution in [3.8, 4) is 0 Å². The molecule has 2 heteroatoms. The van der Waals surface area contributed by atoms with Crippen LogP contribution >= 0.6 is 0 Å². The maximum absolute atomic E-state index is 11.8. The first-order chi connectivity index (χ1) is 7.06. The van der Waals surface area contributed by atoms with Gasteiger partial charge in [0.2, 0.25) is 0 Å². The summed E-state index contributed by atoms with van der Waals surface area (Å²) in [7, 11) is 0. The molecule has 0 aliphatic heterocycles. The Hall–Kier alpha value is -1.31. The third-order valence-corrected chi connectivity index (χ3v) is 2.59.